The van der Waals surface area contributed by atoms with Crippen LogP contribution in [0, 0.1) is 11.8 Å². The first-order chi connectivity index (χ1) is 10.5. The van der Waals surface area contributed by atoms with Crippen LogP contribution in [0.1, 0.15) is 30.9 Å². The maximum absolute atomic E-state index is 11.4. The molecule has 0 unspecified atom stereocenters. The van der Waals surface area contributed by atoms with E-state index in [4.69, 9.17) is 0 Å². The molecule has 2 atom stereocenters. The van der Waals surface area contributed by atoms with Crippen LogP contribution in [0.2, 0.25) is 0 Å². The van der Waals surface area contributed by atoms with Crippen molar-refractivity contribution >= 4 is 21.8 Å². The molecule has 0 radical (unpaired) electrons. The van der Waals surface area contributed by atoms with E-state index in [0.717, 1.165) is 31.1 Å². The molecule has 0 heterocycles. The second kappa shape index (κ2) is 5.84. The predicted octanol–water partition coefficient (Wildman–Crippen LogP) is 3.63. The zero-order valence-corrected chi connectivity index (χ0v) is 13.8. The van der Waals surface area contributed by atoms with Gasteiger partial charge in [-0.25, -0.2) is 8.42 Å². The predicted molar refractivity (Wildman–Crippen MR) is 91.4 cm³/mol. The number of aryl methyl sites for hydroxylation is 1. The van der Waals surface area contributed by atoms with Gasteiger partial charge >= 0.3 is 0 Å². The minimum Gasteiger partial charge on any atom is -0.205 e. The average Bonchev–Trinajstić information content (AvgIpc) is 2.64. The molecule has 0 aliphatic heterocycles. The number of fused-ring (bicyclic) bond motifs is 3. The number of rotatable bonds is 2. The lowest BCUT2D eigenvalue weighted by Gasteiger charge is -2.31. The minimum absolute atomic E-state index is 0.440. The molecule has 1 aromatic rings. The SMILES string of the molecule is C[C@H]1C=CCC(/C=N/S(C)(=O)=O)=C2c3ccccc3CC[C@@H]21. The molecule has 0 bridgehead atoms. The van der Waals surface area contributed by atoms with Crippen LogP contribution in [-0.4, -0.2) is 20.9 Å². The highest BCUT2D eigenvalue weighted by Crippen LogP contribution is 2.43. The molecule has 0 saturated carbocycles. The Kier molecular flexibility index (Phi) is 4.04. The molecule has 2 aliphatic carbocycles. The standard InChI is InChI=1S/C18H21NO2S/c1-13-6-5-8-15(12-19-22(2,20)21)18-16(13)11-10-14-7-3-4-9-17(14)18/h3-7,9,12-13,16H,8,10-11H2,1-2H3/b19-12+/t13-,16+/m0/s1. The molecule has 3 rings (SSSR count). The van der Waals surface area contributed by atoms with Gasteiger partial charge in [-0.05, 0) is 53.4 Å². The van der Waals surface area contributed by atoms with Crippen molar-refractivity contribution in [3.05, 3.63) is 53.1 Å². The summed E-state index contributed by atoms with van der Waals surface area (Å²) in [5, 5.41) is 0. The fourth-order valence-corrected chi connectivity index (χ4v) is 3.85. The van der Waals surface area contributed by atoms with Gasteiger partial charge < -0.3 is 0 Å². The molecule has 0 spiro atoms. The maximum atomic E-state index is 11.4. The van der Waals surface area contributed by atoms with Crippen molar-refractivity contribution in [2.45, 2.75) is 26.2 Å². The monoisotopic (exact) mass is 315 g/mol. The Balaban J connectivity index is 2.18. The molecule has 1 aromatic carbocycles. The van der Waals surface area contributed by atoms with Crippen LogP contribution >= 0.6 is 0 Å². The van der Waals surface area contributed by atoms with Gasteiger partial charge in [0.1, 0.15) is 0 Å². The van der Waals surface area contributed by atoms with E-state index >= 15 is 0 Å². The Morgan fingerprint density at radius 1 is 1.27 bits per heavy atom. The minimum atomic E-state index is -3.35. The topological polar surface area (TPSA) is 46.5 Å². The van der Waals surface area contributed by atoms with Crippen LogP contribution in [0.15, 0.2) is 46.4 Å². The van der Waals surface area contributed by atoms with E-state index in [2.05, 4.69) is 47.7 Å². The molecular formula is C18H21NO2S. The lowest BCUT2D eigenvalue weighted by molar-refractivity contribution is 0.480. The molecule has 0 aromatic heterocycles. The fraction of sp³-hybridized carbons (Fsp3) is 0.389. The summed E-state index contributed by atoms with van der Waals surface area (Å²) in [4.78, 5) is 0. The summed E-state index contributed by atoms with van der Waals surface area (Å²) in [6.07, 6.45) is 10.0. The van der Waals surface area contributed by atoms with Crippen molar-refractivity contribution in [1.82, 2.24) is 0 Å². The van der Waals surface area contributed by atoms with Gasteiger partial charge in [-0.3, -0.25) is 0 Å². The highest BCUT2D eigenvalue weighted by molar-refractivity contribution is 7.89. The summed E-state index contributed by atoms with van der Waals surface area (Å²) in [6, 6.07) is 8.46. The van der Waals surface area contributed by atoms with Crippen molar-refractivity contribution in [3.63, 3.8) is 0 Å². The molecule has 3 nitrogen and oxygen atoms in total. The van der Waals surface area contributed by atoms with Gasteiger partial charge in [0.25, 0.3) is 0 Å². The molecular weight excluding hydrogens is 294 g/mol. The highest BCUT2D eigenvalue weighted by Gasteiger charge is 2.30. The van der Waals surface area contributed by atoms with Crippen LogP contribution in [0.5, 0.6) is 0 Å². The van der Waals surface area contributed by atoms with Gasteiger partial charge in [-0.1, -0.05) is 43.3 Å². The molecule has 0 amide bonds. The van der Waals surface area contributed by atoms with Crippen molar-refractivity contribution in [3.8, 4) is 0 Å². The molecule has 22 heavy (non-hydrogen) atoms. The summed E-state index contributed by atoms with van der Waals surface area (Å²) in [5.41, 5.74) is 4.94. The van der Waals surface area contributed by atoms with Crippen molar-refractivity contribution in [2.75, 3.05) is 6.26 Å². The summed E-state index contributed by atoms with van der Waals surface area (Å²) < 4.78 is 26.5. The van der Waals surface area contributed by atoms with Gasteiger partial charge in [-0.2, -0.15) is 4.40 Å². The van der Waals surface area contributed by atoms with E-state index in [1.807, 2.05) is 0 Å². The summed E-state index contributed by atoms with van der Waals surface area (Å²) in [5.74, 6) is 0.905. The van der Waals surface area contributed by atoms with E-state index in [1.165, 1.54) is 16.7 Å². The second-order valence-electron chi connectivity index (χ2n) is 6.20. The number of sulfonamides is 1. The number of benzene rings is 1. The highest BCUT2D eigenvalue weighted by atomic mass is 32.2. The van der Waals surface area contributed by atoms with E-state index in [9.17, 15) is 8.42 Å². The van der Waals surface area contributed by atoms with Crippen molar-refractivity contribution < 1.29 is 8.42 Å². The molecule has 2 aliphatic rings. The summed E-state index contributed by atoms with van der Waals surface area (Å²) >= 11 is 0. The van der Waals surface area contributed by atoms with Crippen molar-refractivity contribution in [1.29, 1.82) is 0 Å². The Labute approximate surface area is 132 Å². The van der Waals surface area contributed by atoms with Gasteiger partial charge in [0, 0.05) is 6.21 Å². The zero-order chi connectivity index (χ0) is 15.7. The first-order valence-corrected chi connectivity index (χ1v) is 9.54. The Bertz CT molecular complexity index is 772. The molecule has 0 saturated heterocycles. The number of nitrogens with zero attached hydrogens (tertiary/aromatic N) is 1. The van der Waals surface area contributed by atoms with E-state index in [0.29, 0.717) is 11.8 Å². The van der Waals surface area contributed by atoms with Crippen LogP contribution in [0.3, 0.4) is 0 Å². The Morgan fingerprint density at radius 2 is 2.05 bits per heavy atom. The average molecular weight is 315 g/mol. The molecule has 0 N–H and O–H groups in total. The van der Waals surface area contributed by atoms with Crippen LogP contribution in [-0.2, 0) is 16.4 Å². The van der Waals surface area contributed by atoms with Crippen LogP contribution in [0.25, 0.3) is 5.57 Å². The third-order valence-corrected chi connectivity index (χ3v) is 5.05. The largest absolute Gasteiger partial charge is 0.250 e. The van der Waals surface area contributed by atoms with Crippen LogP contribution < -0.4 is 0 Å². The third kappa shape index (κ3) is 3.07. The fourth-order valence-electron chi connectivity index (χ4n) is 3.53. The summed E-state index contributed by atoms with van der Waals surface area (Å²) in [7, 11) is -3.35. The first-order valence-electron chi connectivity index (χ1n) is 7.69. The van der Waals surface area contributed by atoms with Gasteiger partial charge in [0.05, 0.1) is 6.26 Å². The number of hydrogen-bond donors (Lipinski definition) is 0. The lowest BCUT2D eigenvalue weighted by atomic mass is 9.73. The Morgan fingerprint density at radius 3 is 2.82 bits per heavy atom. The normalized spacial score (nSPS) is 25.0. The number of allylic oxidation sites excluding steroid dienone is 4. The quantitative estimate of drug-likeness (QED) is 0.618. The van der Waals surface area contributed by atoms with Gasteiger partial charge in [0.15, 0.2) is 0 Å². The molecule has 0 fully saturated rings. The zero-order valence-electron chi connectivity index (χ0n) is 13.0. The maximum Gasteiger partial charge on any atom is 0.250 e. The molecule has 116 valence electrons. The van der Waals surface area contributed by atoms with E-state index in [1.54, 1.807) is 6.21 Å². The van der Waals surface area contributed by atoms with E-state index < -0.39 is 10.0 Å². The lowest BCUT2D eigenvalue weighted by Crippen LogP contribution is -2.19. The summed E-state index contributed by atoms with van der Waals surface area (Å²) in [6.45, 7) is 2.24. The first kappa shape index (κ1) is 15.2. The van der Waals surface area contributed by atoms with Crippen LogP contribution in [0.4, 0.5) is 0 Å². The van der Waals surface area contributed by atoms with Gasteiger partial charge in [-0.15, -0.1) is 0 Å². The number of hydrogen-bond acceptors (Lipinski definition) is 2. The van der Waals surface area contributed by atoms with Crippen molar-refractivity contribution in [2.24, 2.45) is 16.2 Å². The third-order valence-electron chi connectivity index (χ3n) is 4.56. The molecule has 4 heteroatoms. The van der Waals surface area contributed by atoms with Gasteiger partial charge in [0.2, 0.25) is 10.0 Å². The smallest absolute Gasteiger partial charge is 0.205 e. The second-order valence-corrected chi connectivity index (χ2v) is 7.88. The van der Waals surface area contributed by atoms with E-state index in [-0.39, 0.29) is 0 Å². The Hall–Kier alpha value is -1.68.